The Balaban J connectivity index is 2.48. The molecular weight excluding hydrogens is 632 g/mol. The first-order valence-corrected chi connectivity index (χ1v) is 18.3. The number of aliphatic hydroxyl groups is 3. The van der Waals surface area contributed by atoms with Crippen LogP contribution >= 0.6 is 0 Å². The fourth-order valence-corrected chi connectivity index (χ4v) is 5.17. The molecule has 0 aromatic rings. The molecule has 4 N–H and O–H groups in total. The zero-order chi connectivity index (χ0) is 34.8. The normalized spacial score (nSPS) is 23.1. The minimum atomic E-state index is -5.05. The number of aliphatic hydroxyl groups excluding tert-OH is 3. The molecule has 0 bridgehead atoms. The maximum absolute atomic E-state index is 12.5. The number of allylic oxidation sites excluding steroid dienone is 8. The first-order valence-electron chi connectivity index (χ1n) is 16.9. The Kier molecular flexibility index (Phi) is 24.7. The zero-order valence-corrected chi connectivity index (χ0v) is 28.9. The highest BCUT2D eigenvalue weighted by atomic mass is 32.3. The van der Waals surface area contributed by atoms with Gasteiger partial charge in [0.15, 0.2) is 6.29 Å². The molecule has 6 unspecified atom stereocenters. The molecule has 1 rings (SSSR count). The van der Waals surface area contributed by atoms with E-state index in [9.17, 15) is 28.5 Å². The van der Waals surface area contributed by atoms with Gasteiger partial charge in [0.05, 0.1) is 19.8 Å². The van der Waals surface area contributed by atoms with Crippen LogP contribution in [0.2, 0.25) is 0 Å². The van der Waals surface area contributed by atoms with E-state index >= 15 is 0 Å². The molecule has 0 aliphatic carbocycles. The molecule has 0 aromatic carbocycles. The highest BCUT2D eigenvalue weighted by Crippen LogP contribution is 2.26. The first-order chi connectivity index (χ1) is 22.6. The average Bonchev–Trinajstić information content (AvgIpc) is 3.03. The van der Waals surface area contributed by atoms with Crippen molar-refractivity contribution >= 4 is 16.4 Å². The summed E-state index contributed by atoms with van der Waals surface area (Å²) in [4.78, 5) is 12.5. The molecule has 1 aliphatic rings. The molecule has 1 aliphatic heterocycles. The van der Waals surface area contributed by atoms with Crippen LogP contribution in [0.15, 0.2) is 48.6 Å². The van der Waals surface area contributed by atoms with Gasteiger partial charge in [-0.05, 0) is 51.4 Å². The van der Waals surface area contributed by atoms with Crippen molar-refractivity contribution in [1.82, 2.24) is 0 Å². The van der Waals surface area contributed by atoms with Crippen LogP contribution < -0.4 is 0 Å². The summed E-state index contributed by atoms with van der Waals surface area (Å²) in [5.74, 6) is -0.433. The van der Waals surface area contributed by atoms with Crippen LogP contribution in [0, 0.1) is 0 Å². The number of hydrogen-bond acceptors (Lipinski definition) is 11. The standard InChI is InChI=1S/C34H58O12S/c1-3-5-7-9-10-11-12-13-14-15-16-17-18-19-20-22-24-42-26-28(44-30(36)23-21-8-6-4-2)27-43-34-32(38)33(46-47(39,40)41)31(37)29(25-35)45-34/h5,7,10-11,13-14,16-17,28-29,31-35,37-38H,3-4,6,8-9,12,15,18-27H2,1-2H3,(H,39,40,41)/b7-5-,11-10-,14-13-,17-16-. The number of ether oxygens (including phenoxy) is 4. The van der Waals surface area contributed by atoms with Gasteiger partial charge in [0.25, 0.3) is 0 Å². The van der Waals surface area contributed by atoms with Gasteiger partial charge in [-0.3, -0.25) is 9.35 Å². The van der Waals surface area contributed by atoms with E-state index in [4.69, 9.17) is 23.5 Å². The second-order valence-corrected chi connectivity index (χ2v) is 12.4. The number of carbonyl (C=O) groups excluding carboxylic acids is 1. The maximum atomic E-state index is 12.5. The molecule has 272 valence electrons. The monoisotopic (exact) mass is 690 g/mol. The highest BCUT2D eigenvalue weighted by Gasteiger charge is 2.48. The molecule has 13 heteroatoms. The second kappa shape index (κ2) is 26.9. The van der Waals surface area contributed by atoms with Crippen molar-refractivity contribution in [3.63, 3.8) is 0 Å². The smallest absolute Gasteiger partial charge is 0.397 e. The van der Waals surface area contributed by atoms with Crippen LogP contribution in [-0.2, 0) is 38.3 Å². The molecule has 6 atom stereocenters. The molecule has 1 fully saturated rings. The Bertz CT molecular complexity index is 1030. The lowest BCUT2D eigenvalue weighted by atomic mass is 9.99. The second-order valence-electron chi connectivity index (χ2n) is 11.4. The predicted molar refractivity (Wildman–Crippen MR) is 179 cm³/mol. The van der Waals surface area contributed by atoms with E-state index in [2.05, 4.69) is 66.6 Å². The molecule has 1 saturated heterocycles. The maximum Gasteiger partial charge on any atom is 0.397 e. The molecule has 1 heterocycles. The topological polar surface area (TPSA) is 178 Å². The number of rotatable bonds is 27. The van der Waals surface area contributed by atoms with E-state index in [-0.39, 0.29) is 19.6 Å². The summed E-state index contributed by atoms with van der Waals surface area (Å²) < 4.78 is 58.2. The van der Waals surface area contributed by atoms with Crippen LogP contribution in [0.1, 0.15) is 97.3 Å². The third-order valence-electron chi connectivity index (χ3n) is 7.22. The molecule has 0 aromatic heterocycles. The third-order valence-corrected chi connectivity index (χ3v) is 7.68. The van der Waals surface area contributed by atoms with Gasteiger partial charge in [-0.25, -0.2) is 4.18 Å². The lowest BCUT2D eigenvalue weighted by molar-refractivity contribution is -0.301. The highest BCUT2D eigenvalue weighted by molar-refractivity contribution is 7.80. The fourth-order valence-electron chi connectivity index (χ4n) is 4.66. The van der Waals surface area contributed by atoms with Gasteiger partial charge >= 0.3 is 16.4 Å². The Morgan fingerprint density at radius 3 is 2.09 bits per heavy atom. The van der Waals surface area contributed by atoms with Crippen LogP contribution in [0.4, 0.5) is 0 Å². The van der Waals surface area contributed by atoms with E-state index < -0.39 is 59.8 Å². The van der Waals surface area contributed by atoms with Crippen molar-refractivity contribution in [2.75, 3.05) is 26.4 Å². The van der Waals surface area contributed by atoms with Crippen LogP contribution in [0.25, 0.3) is 0 Å². The van der Waals surface area contributed by atoms with Gasteiger partial charge in [-0.15, -0.1) is 0 Å². The van der Waals surface area contributed by atoms with E-state index in [1.165, 1.54) is 0 Å². The van der Waals surface area contributed by atoms with Crippen molar-refractivity contribution in [3.8, 4) is 0 Å². The Morgan fingerprint density at radius 1 is 0.830 bits per heavy atom. The van der Waals surface area contributed by atoms with Crippen molar-refractivity contribution in [1.29, 1.82) is 0 Å². The minimum absolute atomic E-state index is 0.0113. The third kappa shape index (κ3) is 21.6. The van der Waals surface area contributed by atoms with Gasteiger partial charge in [0.2, 0.25) is 0 Å². The predicted octanol–water partition coefficient (Wildman–Crippen LogP) is 4.89. The van der Waals surface area contributed by atoms with Crippen LogP contribution in [-0.4, -0.2) is 97.5 Å². The summed E-state index contributed by atoms with van der Waals surface area (Å²) in [6, 6.07) is 0. The van der Waals surface area contributed by atoms with Crippen LogP contribution in [0.5, 0.6) is 0 Å². The summed E-state index contributed by atoms with van der Waals surface area (Å²) in [5, 5.41) is 30.3. The van der Waals surface area contributed by atoms with E-state index in [0.717, 1.165) is 70.6 Å². The molecule has 0 amide bonds. The summed E-state index contributed by atoms with van der Waals surface area (Å²) in [6.45, 7) is 3.60. The van der Waals surface area contributed by atoms with Crippen LogP contribution in [0.3, 0.4) is 0 Å². The largest absolute Gasteiger partial charge is 0.457 e. The van der Waals surface area contributed by atoms with E-state index in [0.29, 0.717) is 13.0 Å². The van der Waals surface area contributed by atoms with E-state index in [1.807, 2.05) is 0 Å². The number of hydrogen-bond donors (Lipinski definition) is 4. The lowest BCUT2D eigenvalue weighted by Crippen LogP contribution is -2.60. The Morgan fingerprint density at radius 2 is 1.47 bits per heavy atom. The average molecular weight is 691 g/mol. The number of esters is 1. The minimum Gasteiger partial charge on any atom is -0.457 e. The quantitative estimate of drug-likeness (QED) is 0.0398. The van der Waals surface area contributed by atoms with Crippen molar-refractivity contribution in [2.24, 2.45) is 0 Å². The Labute approximate surface area is 281 Å². The molecule has 12 nitrogen and oxygen atoms in total. The van der Waals surface area contributed by atoms with Crippen molar-refractivity contribution < 1.29 is 56.2 Å². The molecule has 0 spiro atoms. The summed E-state index contributed by atoms with van der Waals surface area (Å²) in [7, 11) is -5.05. The number of unbranched alkanes of at least 4 members (excludes halogenated alkanes) is 6. The van der Waals surface area contributed by atoms with Gasteiger partial charge in [0, 0.05) is 13.0 Å². The molecule has 0 radical (unpaired) electrons. The Hall–Kier alpha value is -1.94. The van der Waals surface area contributed by atoms with Gasteiger partial charge < -0.3 is 34.3 Å². The molecule has 47 heavy (non-hydrogen) atoms. The molecular formula is C34H58O12S. The summed E-state index contributed by atoms with van der Waals surface area (Å²) >= 11 is 0. The number of carbonyl (C=O) groups is 1. The SMILES string of the molecule is CC/C=C\C/C=C\C/C=C\C/C=C\CCCCCOCC(COC1OC(CO)C(O)C(OS(=O)(=O)O)C1O)OC(=O)CCCCCC. The van der Waals surface area contributed by atoms with Gasteiger partial charge in [-0.1, -0.05) is 88.1 Å². The van der Waals surface area contributed by atoms with Gasteiger partial charge in [-0.2, -0.15) is 8.42 Å². The van der Waals surface area contributed by atoms with E-state index in [1.54, 1.807) is 0 Å². The lowest BCUT2D eigenvalue weighted by Gasteiger charge is -2.41. The molecule has 0 saturated carbocycles. The zero-order valence-electron chi connectivity index (χ0n) is 28.1. The van der Waals surface area contributed by atoms with Crippen molar-refractivity contribution in [2.45, 2.75) is 134 Å². The first kappa shape index (κ1) is 43.1. The fraction of sp³-hybridized carbons (Fsp3) is 0.735. The van der Waals surface area contributed by atoms with Gasteiger partial charge in [0.1, 0.15) is 30.5 Å². The van der Waals surface area contributed by atoms with Crippen molar-refractivity contribution in [3.05, 3.63) is 48.6 Å². The summed E-state index contributed by atoms with van der Waals surface area (Å²) in [5.41, 5.74) is 0. The summed E-state index contributed by atoms with van der Waals surface area (Å²) in [6.07, 6.45) is 19.5.